The Kier molecular flexibility index (Phi) is 5.72. The molecule has 0 atom stereocenters. The molecule has 5 nitrogen and oxygen atoms in total. The lowest BCUT2D eigenvalue weighted by Gasteiger charge is -2.17. The van der Waals surface area contributed by atoms with Crippen LogP contribution in [0, 0.1) is 30.1 Å². The van der Waals surface area contributed by atoms with Gasteiger partial charge < -0.3 is 5.11 Å². The van der Waals surface area contributed by atoms with E-state index < -0.39 is 10.0 Å². The Hall–Kier alpha value is -1.86. The Morgan fingerprint density at radius 3 is 2.70 bits per heavy atom. The Balaban J connectivity index is 3.20. The van der Waals surface area contributed by atoms with Gasteiger partial charge in [-0.15, -0.1) is 0 Å². The summed E-state index contributed by atoms with van der Waals surface area (Å²) in [6.07, 6.45) is 0.138. The maximum atomic E-state index is 12.4. The fourth-order valence-corrected chi connectivity index (χ4v) is 3.01. The van der Waals surface area contributed by atoms with Crippen molar-refractivity contribution in [2.45, 2.75) is 18.2 Å². The van der Waals surface area contributed by atoms with Crippen molar-refractivity contribution in [2.75, 3.05) is 20.2 Å². The molecule has 0 saturated heterocycles. The highest BCUT2D eigenvalue weighted by Crippen LogP contribution is 2.20. The van der Waals surface area contributed by atoms with Crippen LogP contribution >= 0.6 is 0 Å². The van der Waals surface area contributed by atoms with Crippen molar-refractivity contribution >= 4 is 10.0 Å². The molecule has 0 bridgehead atoms. The van der Waals surface area contributed by atoms with Gasteiger partial charge in [-0.25, -0.2) is 8.42 Å². The first kappa shape index (κ1) is 16.2. The van der Waals surface area contributed by atoms with Gasteiger partial charge in [0.05, 0.1) is 11.0 Å². The van der Waals surface area contributed by atoms with Gasteiger partial charge in [0.25, 0.3) is 0 Å². The highest BCUT2D eigenvalue weighted by molar-refractivity contribution is 7.89. The Labute approximate surface area is 119 Å². The summed E-state index contributed by atoms with van der Waals surface area (Å²) in [7, 11) is -2.19. The minimum atomic E-state index is -3.64. The van der Waals surface area contributed by atoms with Gasteiger partial charge in [-0.05, 0) is 24.6 Å². The molecule has 0 saturated carbocycles. The smallest absolute Gasteiger partial charge is 0.243 e. The summed E-state index contributed by atoms with van der Waals surface area (Å²) in [4.78, 5) is 0.169. The van der Waals surface area contributed by atoms with Crippen LogP contribution < -0.4 is 0 Å². The SMILES string of the molecule is Cc1ccc(C#CCO)cc1S(=O)(=O)N(C)CCC#N. The first-order chi connectivity index (χ1) is 9.43. The van der Waals surface area contributed by atoms with E-state index in [1.807, 2.05) is 6.07 Å². The average molecular weight is 292 g/mol. The molecule has 0 spiro atoms. The van der Waals surface area contributed by atoms with E-state index in [1.54, 1.807) is 19.1 Å². The zero-order valence-corrected chi connectivity index (χ0v) is 12.2. The van der Waals surface area contributed by atoms with Crippen molar-refractivity contribution in [1.82, 2.24) is 4.31 Å². The molecular formula is C14H16N2O3S. The number of nitrogens with zero attached hydrogens (tertiary/aromatic N) is 2. The monoisotopic (exact) mass is 292 g/mol. The van der Waals surface area contributed by atoms with Crippen LogP contribution in [0.2, 0.25) is 0 Å². The minimum Gasteiger partial charge on any atom is -0.384 e. The summed E-state index contributed by atoms with van der Waals surface area (Å²) in [5.41, 5.74) is 1.14. The van der Waals surface area contributed by atoms with E-state index in [2.05, 4.69) is 11.8 Å². The van der Waals surface area contributed by atoms with Crippen LogP contribution in [0.25, 0.3) is 0 Å². The number of rotatable bonds is 4. The van der Waals surface area contributed by atoms with E-state index in [0.29, 0.717) is 11.1 Å². The summed E-state index contributed by atoms with van der Waals surface area (Å²) >= 11 is 0. The molecule has 0 radical (unpaired) electrons. The van der Waals surface area contributed by atoms with Crippen molar-refractivity contribution in [1.29, 1.82) is 5.26 Å². The number of sulfonamides is 1. The van der Waals surface area contributed by atoms with Crippen LogP contribution in [0.3, 0.4) is 0 Å². The van der Waals surface area contributed by atoms with Crippen LogP contribution in [0.1, 0.15) is 17.5 Å². The molecule has 0 fully saturated rings. The van der Waals surface area contributed by atoms with Crippen LogP contribution in [0.4, 0.5) is 0 Å². The predicted molar refractivity (Wildman–Crippen MR) is 75.2 cm³/mol. The molecule has 1 N–H and O–H groups in total. The first-order valence-corrected chi connectivity index (χ1v) is 7.41. The second-order valence-electron chi connectivity index (χ2n) is 4.17. The fourth-order valence-electron chi connectivity index (χ4n) is 1.59. The Morgan fingerprint density at radius 2 is 2.10 bits per heavy atom. The number of hydrogen-bond acceptors (Lipinski definition) is 4. The van der Waals surface area contributed by atoms with Gasteiger partial charge in [-0.2, -0.15) is 9.57 Å². The molecule has 6 heteroatoms. The van der Waals surface area contributed by atoms with E-state index in [0.717, 1.165) is 4.31 Å². The van der Waals surface area contributed by atoms with Crippen LogP contribution in [0.15, 0.2) is 23.1 Å². The minimum absolute atomic E-state index is 0.138. The number of nitriles is 1. The molecule has 0 aliphatic rings. The third-order valence-electron chi connectivity index (χ3n) is 2.73. The third kappa shape index (κ3) is 3.82. The Morgan fingerprint density at radius 1 is 1.40 bits per heavy atom. The number of aryl methyl sites for hydroxylation is 1. The molecule has 1 rings (SSSR count). The molecule has 1 aromatic rings. The molecule has 1 aromatic carbocycles. The quantitative estimate of drug-likeness (QED) is 0.835. The summed E-state index contributed by atoms with van der Waals surface area (Å²) in [5, 5.41) is 17.2. The highest BCUT2D eigenvalue weighted by atomic mass is 32.2. The van der Waals surface area contributed by atoms with Crippen LogP contribution in [-0.4, -0.2) is 38.0 Å². The standard InChI is InChI=1S/C14H16N2O3S/c1-12-6-7-13(5-3-10-17)11-14(12)20(18,19)16(2)9-4-8-15/h6-7,11,17H,4,9-10H2,1-2H3. The summed E-state index contributed by atoms with van der Waals surface area (Å²) in [6, 6.07) is 6.78. The van der Waals surface area contributed by atoms with Gasteiger partial charge in [0.1, 0.15) is 6.61 Å². The van der Waals surface area contributed by atoms with E-state index in [1.165, 1.54) is 13.1 Å². The van der Waals surface area contributed by atoms with Crippen molar-refractivity contribution in [3.8, 4) is 17.9 Å². The molecule has 20 heavy (non-hydrogen) atoms. The summed E-state index contributed by atoms with van der Waals surface area (Å²) in [6.45, 7) is 1.57. The lowest BCUT2D eigenvalue weighted by atomic mass is 10.1. The average Bonchev–Trinajstić information content (AvgIpc) is 2.43. The van der Waals surface area contributed by atoms with E-state index in [9.17, 15) is 8.42 Å². The lowest BCUT2D eigenvalue weighted by Crippen LogP contribution is -2.28. The zero-order chi connectivity index (χ0) is 15.2. The van der Waals surface area contributed by atoms with E-state index in [-0.39, 0.29) is 24.5 Å². The van der Waals surface area contributed by atoms with Gasteiger partial charge in [-0.3, -0.25) is 0 Å². The van der Waals surface area contributed by atoms with Crippen LogP contribution in [0.5, 0.6) is 0 Å². The van der Waals surface area contributed by atoms with Crippen molar-refractivity contribution in [2.24, 2.45) is 0 Å². The molecule has 0 aliphatic carbocycles. The molecule has 106 valence electrons. The normalized spacial score (nSPS) is 10.8. The Bertz CT molecular complexity index is 679. The largest absolute Gasteiger partial charge is 0.384 e. The van der Waals surface area contributed by atoms with Crippen molar-refractivity contribution in [3.63, 3.8) is 0 Å². The van der Waals surface area contributed by atoms with Gasteiger partial charge in [0.15, 0.2) is 0 Å². The maximum absolute atomic E-state index is 12.4. The number of benzene rings is 1. The predicted octanol–water partition coefficient (Wildman–Crippen LogP) is 0.873. The van der Waals surface area contributed by atoms with Gasteiger partial charge in [0, 0.05) is 25.6 Å². The van der Waals surface area contributed by atoms with E-state index >= 15 is 0 Å². The second-order valence-corrected chi connectivity index (χ2v) is 6.19. The molecule has 0 aliphatic heterocycles. The molecule has 0 amide bonds. The van der Waals surface area contributed by atoms with Crippen LogP contribution in [-0.2, 0) is 10.0 Å². The number of aliphatic hydroxyl groups excluding tert-OH is 1. The topological polar surface area (TPSA) is 81.4 Å². The molecule has 0 heterocycles. The van der Waals surface area contributed by atoms with Gasteiger partial charge in [-0.1, -0.05) is 17.9 Å². The fraction of sp³-hybridized carbons (Fsp3) is 0.357. The number of hydrogen-bond donors (Lipinski definition) is 1. The van der Waals surface area contributed by atoms with Gasteiger partial charge >= 0.3 is 0 Å². The summed E-state index contributed by atoms with van der Waals surface area (Å²) in [5.74, 6) is 5.16. The number of aliphatic hydroxyl groups is 1. The molecular weight excluding hydrogens is 276 g/mol. The zero-order valence-electron chi connectivity index (χ0n) is 11.4. The van der Waals surface area contributed by atoms with E-state index in [4.69, 9.17) is 10.4 Å². The second kappa shape index (κ2) is 7.06. The lowest BCUT2D eigenvalue weighted by molar-refractivity contribution is 0.350. The third-order valence-corrected chi connectivity index (χ3v) is 4.73. The van der Waals surface area contributed by atoms with Gasteiger partial charge in [0.2, 0.25) is 10.0 Å². The first-order valence-electron chi connectivity index (χ1n) is 5.97. The summed E-state index contributed by atoms with van der Waals surface area (Å²) < 4.78 is 26.0. The van der Waals surface area contributed by atoms with Crippen molar-refractivity contribution < 1.29 is 13.5 Å². The van der Waals surface area contributed by atoms with Crippen molar-refractivity contribution in [3.05, 3.63) is 29.3 Å². The molecule has 0 aromatic heterocycles. The molecule has 0 unspecified atom stereocenters. The highest BCUT2D eigenvalue weighted by Gasteiger charge is 2.22. The maximum Gasteiger partial charge on any atom is 0.243 e.